The van der Waals surface area contributed by atoms with Gasteiger partial charge in [0.25, 0.3) is 0 Å². The maximum Gasteiger partial charge on any atom is 0.197 e. The van der Waals surface area contributed by atoms with Gasteiger partial charge in [-0.2, -0.15) is 0 Å². The zero-order chi connectivity index (χ0) is 19.5. The summed E-state index contributed by atoms with van der Waals surface area (Å²) in [6, 6.07) is 11.0. The molecule has 2 unspecified atom stereocenters. The molecule has 4 rings (SSSR count). The van der Waals surface area contributed by atoms with E-state index in [1.54, 1.807) is 0 Å². The number of allylic oxidation sites excluding steroid dienone is 2. The summed E-state index contributed by atoms with van der Waals surface area (Å²) in [7, 11) is 0. The van der Waals surface area contributed by atoms with Gasteiger partial charge < -0.3 is 9.47 Å². The average Bonchev–Trinajstić information content (AvgIpc) is 3.05. The van der Waals surface area contributed by atoms with E-state index in [4.69, 9.17) is 9.47 Å². The van der Waals surface area contributed by atoms with Crippen molar-refractivity contribution >= 4 is 16.3 Å². The molecule has 0 heterocycles. The average molecular weight is 379 g/mol. The van der Waals surface area contributed by atoms with Crippen LogP contribution in [0.3, 0.4) is 0 Å². The first kappa shape index (κ1) is 19.5. The van der Waals surface area contributed by atoms with Crippen molar-refractivity contribution in [3.05, 3.63) is 47.5 Å². The van der Waals surface area contributed by atoms with Crippen LogP contribution in [0.25, 0.3) is 16.3 Å². The fourth-order valence-electron chi connectivity index (χ4n) is 5.28. The molecule has 0 aliphatic heterocycles. The van der Waals surface area contributed by atoms with E-state index in [1.807, 2.05) is 6.92 Å². The zero-order valence-electron chi connectivity index (χ0n) is 17.7. The van der Waals surface area contributed by atoms with Gasteiger partial charge in [0.05, 0.1) is 6.61 Å². The lowest BCUT2D eigenvalue weighted by molar-refractivity contribution is -0.0703. The molecule has 1 fully saturated rings. The van der Waals surface area contributed by atoms with Crippen molar-refractivity contribution in [2.24, 2.45) is 5.92 Å². The second kappa shape index (κ2) is 8.69. The Hall–Kier alpha value is -1.80. The predicted molar refractivity (Wildman–Crippen MR) is 118 cm³/mol. The number of ether oxygens (including phenoxy) is 2. The van der Waals surface area contributed by atoms with Crippen molar-refractivity contribution in [1.82, 2.24) is 0 Å². The third-order valence-electron chi connectivity index (χ3n) is 6.71. The maximum atomic E-state index is 6.25. The highest BCUT2D eigenvalue weighted by atomic mass is 16.7. The molecule has 2 heteroatoms. The number of hydrogen-bond donors (Lipinski definition) is 0. The second-order valence-corrected chi connectivity index (χ2v) is 8.43. The molecule has 2 aromatic carbocycles. The standard InChI is InChI=1S/C26H34O2/c1-4-20-21(5-2)23-14-15-25(24-13-9-12-22(20)26(23)24)28-18(3)27-17-16-19-10-7-6-8-11-19/h5,9,12-15,18-20H,4,6-8,10-11,16-17H2,1-3H3. The molecule has 0 spiro atoms. The normalized spacial score (nSPS) is 22.1. The topological polar surface area (TPSA) is 18.5 Å². The van der Waals surface area contributed by atoms with Gasteiger partial charge in [0.2, 0.25) is 0 Å². The van der Waals surface area contributed by atoms with Crippen molar-refractivity contribution < 1.29 is 9.47 Å². The van der Waals surface area contributed by atoms with Gasteiger partial charge in [0.15, 0.2) is 6.29 Å². The Kier molecular flexibility index (Phi) is 6.06. The van der Waals surface area contributed by atoms with E-state index < -0.39 is 0 Å². The molecule has 0 amide bonds. The molecule has 2 atom stereocenters. The Bertz CT molecular complexity index is 845. The third-order valence-corrected chi connectivity index (χ3v) is 6.71. The molecule has 0 N–H and O–H groups in total. The first-order valence-electron chi connectivity index (χ1n) is 11.2. The molecule has 2 nitrogen and oxygen atoms in total. The van der Waals surface area contributed by atoms with Gasteiger partial charge in [-0.3, -0.25) is 0 Å². The Morgan fingerprint density at radius 1 is 1.11 bits per heavy atom. The summed E-state index contributed by atoms with van der Waals surface area (Å²) in [6.07, 6.45) is 11.3. The van der Waals surface area contributed by atoms with Crippen LogP contribution < -0.4 is 4.74 Å². The van der Waals surface area contributed by atoms with E-state index in [1.165, 1.54) is 66.0 Å². The van der Waals surface area contributed by atoms with E-state index in [0.29, 0.717) is 5.92 Å². The van der Waals surface area contributed by atoms with Crippen LogP contribution in [-0.4, -0.2) is 12.9 Å². The molecule has 150 valence electrons. The van der Waals surface area contributed by atoms with Crippen LogP contribution >= 0.6 is 0 Å². The smallest absolute Gasteiger partial charge is 0.197 e. The van der Waals surface area contributed by atoms with Crippen molar-refractivity contribution in [2.75, 3.05) is 6.61 Å². The molecule has 0 bridgehead atoms. The SMILES string of the molecule is CC=C1c2ccc(OC(C)OCCC3CCCCC3)c3cccc(c23)C1CC. The lowest BCUT2D eigenvalue weighted by Crippen LogP contribution is -2.19. The van der Waals surface area contributed by atoms with Crippen molar-refractivity contribution in [3.8, 4) is 5.75 Å². The van der Waals surface area contributed by atoms with Crippen LogP contribution in [0, 0.1) is 5.92 Å². The summed E-state index contributed by atoms with van der Waals surface area (Å²) in [5, 5.41) is 2.59. The monoisotopic (exact) mass is 378 g/mol. The summed E-state index contributed by atoms with van der Waals surface area (Å²) >= 11 is 0. The van der Waals surface area contributed by atoms with Gasteiger partial charge in [-0.1, -0.05) is 69.4 Å². The summed E-state index contributed by atoms with van der Waals surface area (Å²) < 4.78 is 12.3. The minimum absolute atomic E-state index is 0.217. The molecule has 1 saturated carbocycles. The lowest BCUT2D eigenvalue weighted by Gasteiger charge is -2.23. The van der Waals surface area contributed by atoms with Gasteiger partial charge >= 0.3 is 0 Å². The minimum atomic E-state index is -0.217. The largest absolute Gasteiger partial charge is 0.465 e. The molecule has 0 radical (unpaired) electrons. The van der Waals surface area contributed by atoms with Crippen molar-refractivity contribution in [1.29, 1.82) is 0 Å². The van der Waals surface area contributed by atoms with E-state index in [9.17, 15) is 0 Å². The van der Waals surface area contributed by atoms with Crippen molar-refractivity contribution in [3.63, 3.8) is 0 Å². The van der Waals surface area contributed by atoms with E-state index >= 15 is 0 Å². The fourth-order valence-corrected chi connectivity index (χ4v) is 5.28. The highest BCUT2D eigenvalue weighted by Crippen LogP contribution is 2.49. The van der Waals surface area contributed by atoms with E-state index in [0.717, 1.165) is 24.7 Å². The second-order valence-electron chi connectivity index (χ2n) is 8.43. The molecule has 2 aliphatic carbocycles. The highest BCUT2D eigenvalue weighted by Gasteiger charge is 2.28. The quantitative estimate of drug-likeness (QED) is 0.465. The zero-order valence-corrected chi connectivity index (χ0v) is 17.7. The predicted octanol–water partition coefficient (Wildman–Crippen LogP) is 7.46. The van der Waals surface area contributed by atoms with Gasteiger partial charge in [0.1, 0.15) is 5.75 Å². The number of hydrogen-bond acceptors (Lipinski definition) is 2. The van der Waals surface area contributed by atoms with Crippen LogP contribution in [0.5, 0.6) is 5.75 Å². The molecular weight excluding hydrogens is 344 g/mol. The van der Waals surface area contributed by atoms with Gasteiger partial charge in [-0.25, -0.2) is 0 Å². The molecular formula is C26H34O2. The first-order valence-corrected chi connectivity index (χ1v) is 11.2. The highest BCUT2D eigenvalue weighted by molar-refractivity contribution is 6.05. The maximum absolute atomic E-state index is 6.25. The molecule has 2 aliphatic rings. The van der Waals surface area contributed by atoms with Crippen LogP contribution in [0.2, 0.25) is 0 Å². The number of rotatable bonds is 7. The first-order chi connectivity index (χ1) is 13.7. The Morgan fingerprint density at radius 3 is 2.68 bits per heavy atom. The van der Waals surface area contributed by atoms with Crippen LogP contribution in [0.1, 0.15) is 82.8 Å². The molecule has 0 aromatic heterocycles. The summed E-state index contributed by atoms with van der Waals surface area (Å²) in [4.78, 5) is 0. The summed E-state index contributed by atoms with van der Waals surface area (Å²) in [6.45, 7) is 7.25. The van der Waals surface area contributed by atoms with Crippen LogP contribution in [0.4, 0.5) is 0 Å². The summed E-state index contributed by atoms with van der Waals surface area (Å²) in [5.41, 5.74) is 4.27. The van der Waals surface area contributed by atoms with Crippen molar-refractivity contribution in [2.45, 2.75) is 77.9 Å². The van der Waals surface area contributed by atoms with Crippen LogP contribution in [-0.2, 0) is 4.74 Å². The summed E-state index contributed by atoms with van der Waals surface area (Å²) in [5.74, 6) is 2.30. The van der Waals surface area contributed by atoms with Crippen LogP contribution in [0.15, 0.2) is 36.4 Å². The van der Waals surface area contributed by atoms with Gasteiger partial charge in [0, 0.05) is 11.3 Å². The Balaban J connectivity index is 1.48. The Morgan fingerprint density at radius 2 is 1.93 bits per heavy atom. The van der Waals surface area contributed by atoms with Gasteiger partial charge in [-0.15, -0.1) is 0 Å². The third kappa shape index (κ3) is 3.72. The minimum Gasteiger partial charge on any atom is -0.465 e. The molecule has 2 aromatic rings. The number of benzene rings is 2. The van der Waals surface area contributed by atoms with E-state index in [2.05, 4.69) is 50.3 Å². The Labute approximate surface area is 169 Å². The molecule has 0 saturated heterocycles. The fraction of sp³-hybridized carbons (Fsp3) is 0.538. The lowest BCUT2D eigenvalue weighted by atomic mass is 9.87. The van der Waals surface area contributed by atoms with Gasteiger partial charge in [-0.05, 0) is 60.8 Å². The molecule has 28 heavy (non-hydrogen) atoms. The van der Waals surface area contributed by atoms with E-state index in [-0.39, 0.29) is 6.29 Å².